The molecule has 0 unspecified atom stereocenters. The first-order chi connectivity index (χ1) is 14.4. The molecular formula is C22H27F2N3O2S. The number of alkyl halides is 2. The minimum Gasteiger partial charge on any atom is -0.341 e. The Bertz CT molecular complexity index is 809. The van der Waals surface area contributed by atoms with Gasteiger partial charge >= 0.3 is 0 Å². The van der Waals surface area contributed by atoms with E-state index in [1.165, 1.54) is 11.3 Å². The third-order valence-corrected chi connectivity index (χ3v) is 6.33. The van der Waals surface area contributed by atoms with Crippen LogP contribution in [0.15, 0.2) is 47.8 Å². The highest BCUT2D eigenvalue weighted by Gasteiger charge is 2.31. The first kappa shape index (κ1) is 22.4. The van der Waals surface area contributed by atoms with Gasteiger partial charge in [0.05, 0.1) is 11.4 Å². The van der Waals surface area contributed by atoms with Gasteiger partial charge in [0, 0.05) is 25.6 Å². The molecule has 1 N–H and O–H groups in total. The standard InChI is InChI=1S/C22H27F2N3O2S/c1-26(15-20(23)24)17-9-11-27(12-10-17)22(29)18(14-16-6-3-2-4-7-16)25-21(28)19-8-5-13-30-19/h2-8,13,17-18,20H,9-12,14-15H2,1H3,(H,25,28)/t18-/m1/s1. The van der Waals surface area contributed by atoms with Crippen molar-refractivity contribution >= 4 is 23.2 Å². The van der Waals surface area contributed by atoms with Crippen LogP contribution in [0.1, 0.15) is 28.1 Å². The lowest BCUT2D eigenvalue weighted by Gasteiger charge is -2.38. The molecule has 1 aliphatic heterocycles. The fourth-order valence-corrected chi connectivity index (χ4v) is 4.43. The summed E-state index contributed by atoms with van der Waals surface area (Å²) in [5.74, 6) is -0.385. The Hall–Kier alpha value is -2.32. The average molecular weight is 436 g/mol. The van der Waals surface area contributed by atoms with Crippen LogP contribution in [0, 0.1) is 0 Å². The molecular weight excluding hydrogens is 408 g/mol. The Morgan fingerprint density at radius 2 is 1.87 bits per heavy atom. The zero-order valence-electron chi connectivity index (χ0n) is 17.0. The topological polar surface area (TPSA) is 52.6 Å². The van der Waals surface area contributed by atoms with Crippen molar-refractivity contribution in [3.8, 4) is 0 Å². The van der Waals surface area contributed by atoms with Gasteiger partial charge in [0.25, 0.3) is 12.3 Å². The number of nitrogens with one attached hydrogen (secondary N) is 1. The second-order valence-corrected chi connectivity index (χ2v) is 8.53. The van der Waals surface area contributed by atoms with Crippen LogP contribution in [0.25, 0.3) is 0 Å². The smallest absolute Gasteiger partial charge is 0.262 e. The molecule has 1 aromatic heterocycles. The van der Waals surface area contributed by atoms with E-state index in [-0.39, 0.29) is 24.4 Å². The first-order valence-corrected chi connectivity index (χ1v) is 11.0. The third-order valence-electron chi connectivity index (χ3n) is 5.46. The SMILES string of the molecule is CN(CC(F)F)C1CCN(C(=O)[C@@H](Cc2ccccc2)NC(=O)c2cccs2)CC1. The molecule has 2 amide bonds. The van der Waals surface area contributed by atoms with Gasteiger partial charge < -0.3 is 10.2 Å². The number of amides is 2. The number of benzene rings is 1. The number of hydrogen-bond acceptors (Lipinski definition) is 4. The molecule has 30 heavy (non-hydrogen) atoms. The summed E-state index contributed by atoms with van der Waals surface area (Å²) in [5.41, 5.74) is 0.967. The van der Waals surface area contributed by atoms with Crippen LogP contribution in [0.4, 0.5) is 8.78 Å². The van der Waals surface area contributed by atoms with Crippen LogP contribution in [0.5, 0.6) is 0 Å². The maximum atomic E-state index is 13.2. The maximum Gasteiger partial charge on any atom is 0.262 e. The van der Waals surface area contributed by atoms with Crippen LogP contribution in [0.2, 0.25) is 0 Å². The normalized spacial score (nSPS) is 16.1. The lowest BCUT2D eigenvalue weighted by molar-refractivity contribution is -0.134. The number of carbonyl (C=O) groups excluding carboxylic acids is 2. The molecule has 1 fully saturated rings. The largest absolute Gasteiger partial charge is 0.341 e. The fraction of sp³-hybridized carbons (Fsp3) is 0.455. The Labute approximate surface area is 179 Å². The number of piperidine rings is 1. The van der Waals surface area contributed by atoms with Crippen molar-refractivity contribution in [2.24, 2.45) is 0 Å². The summed E-state index contributed by atoms with van der Waals surface area (Å²) in [7, 11) is 1.70. The van der Waals surface area contributed by atoms with E-state index < -0.39 is 12.5 Å². The summed E-state index contributed by atoms with van der Waals surface area (Å²) in [6.07, 6.45) is -0.669. The van der Waals surface area contributed by atoms with Crippen LogP contribution in [-0.2, 0) is 11.2 Å². The van der Waals surface area contributed by atoms with Crippen molar-refractivity contribution in [3.63, 3.8) is 0 Å². The highest BCUT2D eigenvalue weighted by molar-refractivity contribution is 7.12. The molecule has 2 heterocycles. The van der Waals surface area contributed by atoms with Gasteiger partial charge in [0.15, 0.2) is 0 Å². The van der Waals surface area contributed by atoms with Crippen molar-refractivity contribution in [2.75, 3.05) is 26.7 Å². The summed E-state index contributed by atoms with van der Waals surface area (Å²) in [6.45, 7) is 0.737. The van der Waals surface area contributed by atoms with Crippen molar-refractivity contribution in [2.45, 2.75) is 37.8 Å². The highest BCUT2D eigenvalue weighted by atomic mass is 32.1. The molecule has 2 aromatic rings. The number of carbonyl (C=O) groups is 2. The number of hydrogen-bond donors (Lipinski definition) is 1. The molecule has 0 radical (unpaired) electrons. The van der Waals surface area contributed by atoms with Gasteiger partial charge in [0.2, 0.25) is 5.91 Å². The molecule has 1 saturated heterocycles. The van der Waals surface area contributed by atoms with Gasteiger partial charge in [-0.15, -0.1) is 11.3 Å². The molecule has 8 heteroatoms. The molecule has 5 nitrogen and oxygen atoms in total. The molecule has 1 aliphatic rings. The Balaban J connectivity index is 1.65. The molecule has 0 spiro atoms. The van der Waals surface area contributed by atoms with Crippen molar-refractivity contribution in [3.05, 3.63) is 58.3 Å². The maximum absolute atomic E-state index is 13.2. The van der Waals surface area contributed by atoms with E-state index in [4.69, 9.17) is 0 Å². The van der Waals surface area contributed by atoms with Crippen LogP contribution in [-0.4, -0.2) is 66.8 Å². The van der Waals surface area contributed by atoms with Gasteiger partial charge in [-0.05, 0) is 36.9 Å². The van der Waals surface area contributed by atoms with Crippen molar-refractivity contribution in [1.82, 2.24) is 15.1 Å². The summed E-state index contributed by atoms with van der Waals surface area (Å²) in [4.78, 5) is 29.8. The fourth-order valence-electron chi connectivity index (χ4n) is 3.80. The molecule has 1 aromatic carbocycles. The van der Waals surface area contributed by atoms with Crippen LogP contribution < -0.4 is 5.32 Å². The van der Waals surface area contributed by atoms with E-state index in [9.17, 15) is 18.4 Å². The molecule has 0 saturated carbocycles. The minimum absolute atomic E-state index is 0.0383. The highest BCUT2D eigenvalue weighted by Crippen LogP contribution is 2.18. The van der Waals surface area contributed by atoms with E-state index in [1.54, 1.807) is 29.0 Å². The van der Waals surface area contributed by atoms with Gasteiger partial charge in [-0.25, -0.2) is 8.78 Å². The van der Waals surface area contributed by atoms with Gasteiger partial charge in [-0.1, -0.05) is 36.4 Å². The predicted molar refractivity (Wildman–Crippen MR) is 114 cm³/mol. The zero-order valence-corrected chi connectivity index (χ0v) is 17.8. The predicted octanol–water partition coefficient (Wildman–Crippen LogP) is 3.28. The van der Waals surface area contributed by atoms with Crippen molar-refractivity contribution in [1.29, 1.82) is 0 Å². The number of likely N-dealkylation sites (tertiary alicyclic amines) is 1. The van der Waals surface area contributed by atoms with Crippen LogP contribution >= 0.6 is 11.3 Å². The van der Waals surface area contributed by atoms with Crippen molar-refractivity contribution < 1.29 is 18.4 Å². The number of rotatable bonds is 8. The molecule has 0 aliphatic carbocycles. The average Bonchev–Trinajstić information content (AvgIpc) is 3.28. The minimum atomic E-state index is -2.36. The quantitative estimate of drug-likeness (QED) is 0.693. The molecule has 1 atom stereocenters. The monoisotopic (exact) mass is 435 g/mol. The van der Waals surface area contributed by atoms with E-state index in [2.05, 4.69) is 5.32 Å². The second-order valence-electron chi connectivity index (χ2n) is 7.58. The third kappa shape index (κ3) is 6.09. The summed E-state index contributed by atoms with van der Waals surface area (Å²) in [5, 5.41) is 4.72. The number of thiophene rings is 1. The Morgan fingerprint density at radius 3 is 2.47 bits per heavy atom. The van der Waals surface area contributed by atoms with E-state index >= 15 is 0 Å². The zero-order chi connectivity index (χ0) is 21.5. The van der Waals surface area contributed by atoms with Crippen LogP contribution in [0.3, 0.4) is 0 Å². The summed E-state index contributed by atoms with van der Waals surface area (Å²) >= 11 is 1.33. The first-order valence-electron chi connectivity index (χ1n) is 10.1. The number of nitrogens with zero attached hydrogens (tertiary/aromatic N) is 2. The van der Waals surface area contributed by atoms with E-state index in [1.807, 2.05) is 35.7 Å². The second kappa shape index (κ2) is 10.6. The Morgan fingerprint density at radius 1 is 1.17 bits per heavy atom. The van der Waals surface area contributed by atoms with Gasteiger partial charge in [0.1, 0.15) is 6.04 Å². The van der Waals surface area contributed by atoms with Gasteiger partial charge in [-0.3, -0.25) is 14.5 Å². The molecule has 3 rings (SSSR count). The Kier molecular flexibility index (Phi) is 7.93. The molecule has 0 bridgehead atoms. The van der Waals surface area contributed by atoms with E-state index in [0.717, 1.165) is 5.56 Å². The van der Waals surface area contributed by atoms with E-state index in [0.29, 0.717) is 37.2 Å². The lowest BCUT2D eigenvalue weighted by atomic mass is 10.0. The summed E-state index contributed by atoms with van der Waals surface area (Å²) in [6, 6.07) is 12.5. The lowest BCUT2D eigenvalue weighted by Crippen LogP contribution is -2.53. The number of halogens is 2. The molecule has 162 valence electrons. The summed E-state index contributed by atoms with van der Waals surface area (Å²) < 4.78 is 25.3. The van der Waals surface area contributed by atoms with Gasteiger partial charge in [-0.2, -0.15) is 0 Å².